The van der Waals surface area contributed by atoms with Crippen molar-refractivity contribution in [3.63, 3.8) is 0 Å². The molecule has 0 spiro atoms. The van der Waals surface area contributed by atoms with E-state index in [0.717, 1.165) is 34.4 Å². The fourth-order valence-corrected chi connectivity index (χ4v) is 2.27. The van der Waals surface area contributed by atoms with Crippen molar-refractivity contribution in [2.24, 2.45) is 4.99 Å². The molecule has 122 valence electrons. The lowest BCUT2D eigenvalue weighted by Gasteiger charge is -2.12. The fourth-order valence-electron chi connectivity index (χ4n) is 2.06. The highest BCUT2D eigenvalue weighted by atomic mass is 35.5. The van der Waals surface area contributed by atoms with Crippen LogP contribution in [0.25, 0.3) is 0 Å². The molecule has 0 radical (unpaired) electrons. The standard InChI is InChI=1S/C18H22ClN3O/c1-3-20-18(22-13-15-6-4-5-7-17(15)19)21-12-14-8-10-16(23-2)11-9-14/h4-11H,3,12-13H2,1-2H3,(H2,20,21,22). The second-order valence-corrected chi connectivity index (χ2v) is 5.40. The summed E-state index contributed by atoms with van der Waals surface area (Å²) in [5, 5.41) is 7.29. The average Bonchev–Trinajstić information content (AvgIpc) is 2.59. The van der Waals surface area contributed by atoms with E-state index in [1.807, 2.05) is 55.5 Å². The van der Waals surface area contributed by atoms with Crippen molar-refractivity contribution in [2.75, 3.05) is 13.7 Å². The molecule has 0 heterocycles. The minimum atomic E-state index is 0.599. The number of methoxy groups -OCH3 is 1. The first-order valence-electron chi connectivity index (χ1n) is 7.61. The molecule has 0 aliphatic heterocycles. The Bertz CT molecular complexity index is 641. The molecule has 2 aromatic carbocycles. The number of benzene rings is 2. The Labute approximate surface area is 142 Å². The summed E-state index contributed by atoms with van der Waals surface area (Å²) in [6.45, 7) is 4.08. The summed E-state index contributed by atoms with van der Waals surface area (Å²) in [4.78, 5) is 4.59. The summed E-state index contributed by atoms with van der Waals surface area (Å²) >= 11 is 6.17. The SMILES string of the molecule is CCNC(=NCc1ccc(OC)cc1)NCc1ccccc1Cl. The van der Waals surface area contributed by atoms with Crippen LogP contribution in [0.4, 0.5) is 0 Å². The van der Waals surface area contributed by atoms with E-state index < -0.39 is 0 Å². The Morgan fingerprint density at radius 2 is 1.83 bits per heavy atom. The first kappa shape index (κ1) is 17.2. The quantitative estimate of drug-likeness (QED) is 0.628. The summed E-state index contributed by atoms with van der Waals surface area (Å²) in [6.07, 6.45) is 0. The summed E-state index contributed by atoms with van der Waals surface area (Å²) < 4.78 is 5.16. The molecule has 0 aromatic heterocycles. The van der Waals surface area contributed by atoms with Crippen molar-refractivity contribution in [3.8, 4) is 5.75 Å². The monoisotopic (exact) mass is 331 g/mol. The summed E-state index contributed by atoms with van der Waals surface area (Å²) in [7, 11) is 1.66. The Hall–Kier alpha value is -2.20. The van der Waals surface area contributed by atoms with Crippen LogP contribution >= 0.6 is 11.6 Å². The fraction of sp³-hybridized carbons (Fsp3) is 0.278. The molecular weight excluding hydrogens is 310 g/mol. The van der Waals surface area contributed by atoms with Crippen LogP contribution in [0.1, 0.15) is 18.1 Å². The maximum Gasteiger partial charge on any atom is 0.191 e. The van der Waals surface area contributed by atoms with Crippen molar-refractivity contribution in [3.05, 3.63) is 64.7 Å². The smallest absolute Gasteiger partial charge is 0.191 e. The van der Waals surface area contributed by atoms with Gasteiger partial charge < -0.3 is 15.4 Å². The van der Waals surface area contributed by atoms with E-state index in [1.54, 1.807) is 7.11 Å². The number of nitrogens with one attached hydrogen (secondary N) is 2. The Kier molecular flexibility index (Phi) is 6.76. The van der Waals surface area contributed by atoms with Gasteiger partial charge in [-0.2, -0.15) is 0 Å². The molecule has 2 rings (SSSR count). The van der Waals surface area contributed by atoms with Gasteiger partial charge in [-0.25, -0.2) is 4.99 Å². The van der Waals surface area contributed by atoms with Crippen molar-refractivity contribution in [2.45, 2.75) is 20.0 Å². The average molecular weight is 332 g/mol. The van der Waals surface area contributed by atoms with Gasteiger partial charge in [-0.15, -0.1) is 0 Å². The maximum atomic E-state index is 6.17. The van der Waals surface area contributed by atoms with E-state index in [0.29, 0.717) is 13.1 Å². The topological polar surface area (TPSA) is 45.7 Å². The molecule has 0 amide bonds. The zero-order valence-corrected chi connectivity index (χ0v) is 14.2. The van der Waals surface area contributed by atoms with Gasteiger partial charge >= 0.3 is 0 Å². The van der Waals surface area contributed by atoms with Gasteiger partial charge in [0.25, 0.3) is 0 Å². The normalized spacial score (nSPS) is 11.2. The van der Waals surface area contributed by atoms with Crippen molar-refractivity contribution >= 4 is 17.6 Å². The van der Waals surface area contributed by atoms with Gasteiger partial charge in [0.1, 0.15) is 5.75 Å². The molecule has 2 aromatic rings. The molecule has 0 atom stereocenters. The molecule has 23 heavy (non-hydrogen) atoms. The highest BCUT2D eigenvalue weighted by molar-refractivity contribution is 6.31. The van der Waals surface area contributed by atoms with E-state index in [1.165, 1.54) is 0 Å². The molecule has 2 N–H and O–H groups in total. The highest BCUT2D eigenvalue weighted by Crippen LogP contribution is 2.14. The van der Waals surface area contributed by atoms with Crippen LogP contribution in [0.5, 0.6) is 5.75 Å². The molecule has 0 fully saturated rings. The van der Waals surface area contributed by atoms with Crippen LogP contribution in [0, 0.1) is 0 Å². The summed E-state index contributed by atoms with van der Waals surface area (Å²) in [5.74, 6) is 1.62. The van der Waals surface area contributed by atoms with Gasteiger partial charge in [-0.3, -0.25) is 0 Å². The van der Waals surface area contributed by atoms with Gasteiger partial charge in [-0.1, -0.05) is 41.9 Å². The summed E-state index contributed by atoms with van der Waals surface area (Å²) in [6, 6.07) is 15.7. The van der Waals surface area contributed by atoms with E-state index in [4.69, 9.17) is 16.3 Å². The van der Waals surface area contributed by atoms with E-state index >= 15 is 0 Å². The van der Waals surface area contributed by atoms with Crippen LogP contribution in [0.15, 0.2) is 53.5 Å². The van der Waals surface area contributed by atoms with Crippen LogP contribution in [0.2, 0.25) is 5.02 Å². The molecular formula is C18H22ClN3O. The predicted molar refractivity (Wildman–Crippen MR) is 96.1 cm³/mol. The number of hydrogen-bond acceptors (Lipinski definition) is 2. The molecule has 0 bridgehead atoms. The Morgan fingerprint density at radius 3 is 2.48 bits per heavy atom. The third-order valence-electron chi connectivity index (χ3n) is 3.33. The molecule has 0 saturated carbocycles. The number of hydrogen-bond donors (Lipinski definition) is 2. The molecule has 0 unspecified atom stereocenters. The van der Waals surface area contributed by atoms with Gasteiger partial charge in [0.05, 0.1) is 13.7 Å². The van der Waals surface area contributed by atoms with Gasteiger partial charge in [0, 0.05) is 18.1 Å². The number of halogens is 1. The third-order valence-corrected chi connectivity index (χ3v) is 3.70. The number of nitrogens with zero attached hydrogens (tertiary/aromatic N) is 1. The predicted octanol–water partition coefficient (Wildman–Crippen LogP) is 3.60. The minimum Gasteiger partial charge on any atom is -0.497 e. The van der Waals surface area contributed by atoms with E-state index in [-0.39, 0.29) is 0 Å². The lowest BCUT2D eigenvalue weighted by molar-refractivity contribution is 0.414. The molecule has 0 saturated heterocycles. The first-order chi connectivity index (χ1) is 11.2. The van der Waals surface area contributed by atoms with Gasteiger partial charge in [0.15, 0.2) is 5.96 Å². The number of rotatable bonds is 6. The maximum absolute atomic E-state index is 6.17. The lowest BCUT2D eigenvalue weighted by atomic mass is 10.2. The third kappa shape index (κ3) is 5.49. The van der Waals surface area contributed by atoms with Crippen LogP contribution in [-0.2, 0) is 13.1 Å². The van der Waals surface area contributed by atoms with Gasteiger partial charge in [-0.05, 0) is 36.2 Å². The van der Waals surface area contributed by atoms with E-state index in [9.17, 15) is 0 Å². The largest absolute Gasteiger partial charge is 0.497 e. The van der Waals surface area contributed by atoms with Crippen molar-refractivity contribution in [1.82, 2.24) is 10.6 Å². The van der Waals surface area contributed by atoms with Crippen LogP contribution in [0.3, 0.4) is 0 Å². The van der Waals surface area contributed by atoms with Gasteiger partial charge in [0.2, 0.25) is 0 Å². The van der Waals surface area contributed by atoms with Crippen LogP contribution < -0.4 is 15.4 Å². The van der Waals surface area contributed by atoms with Crippen LogP contribution in [-0.4, -0.2) is 19.6 Å². The van der Waals surface area contributed by atoms with Crippen molar-refractivity contribution < 1.29 is 4.74 Å². The Morgan fingerprint density at radius 1 is 1.09 bits per heavy atom. The number of guanidine groups is 1. The molecule has 0 aliphatic rings. The molecule has 0 aliphatic carbocycles. The van der Waals surface area contributed by atoms with E-state index in [2.05, 4.69) is 15.6 Å². The zero-order chi connectivity index (χ0) is 16.5. The zero-order valence-electron chi connectivity index (χ0n) is 13.5. The molecule has 5 heteroatoms. The second kappa shape index (κ2) is 9.06. The minimum absolute atomic E-state index is 0.599. The lowest BCUT2D eigenvalue weighted by Crippen LogP contribution is -2.36. The second-order valence-electron chi connectivity index (χ2n) is 4.99. The highest BCUT2D eigenvalue weighted by Gasteiger charge is 2.02. The molecule has 4 nitrogen and oxygen atoms in total. The Balaban J connectivity index is 1.97. The number of ether oxygens (including phenoxy) is 1. The summed E-state index contributed by atoms with van der Waals surface area (Å²) in [5.41, 5.74) is 2.17. The number of aliphatic imine (C=N–C) groups is 1. The van der Waals surface area contributed by atoms with Crippen molar-refractivity contribution in [1.29, 1.82) is 0 Å². The first-order valence-corrected chi connectivity index (χ1v) is 7.99.